The average Bonchev–Trinajstić information content (AvgIpc) is 2.54. The molecule has 0 aromatic heterocycles. The van der Waals surface area contributed by atoms with Crippen LogP contribution in [0.3, 0.4) is 0 Å². The van der Waals surface area contributed by atoms with Crippen molar-refractivity contribution in [3.8, 4) is 0 Å². The number of aryl methyl sites for hydroxylation is 1. The predicted octanol–water partition coefficient (Wildman–Crippen LogP) is 2.49. The van der Waals surface area contributed by atoms with Crippen molar-refractivity contribution >= 4 is 5.91 Å². The number of carbonyl (C=O) groups excluding carboxylic acids is 1. The molecule has 114 valence electrons. The van der Waals surface area contributed by atoms with Crippen molar-refractivity contribution in [2.45, 2.75) is 50.5 Å². The van der Waals surface area contributed by atoms with Crippen molar-refractivity contribution in [3.05, 3.63) is 35.4 Å². The molecule has 1 fully saturated rings. The highest BCUT2D eigenvalue weighted by Crippen LogP contribution is 2.39. The van der Waals surface area contributed by atoms with Gasteiger partial charge in [0.2, 0.25) is 5.91 Å². The first kappa shape index (κ1) is 14.6. The van der Waals surface area contributed by atoms with Crippen molar-refractivity contribution in [3.63, 3.8) is 0 Å². The molecule has 0 spiro atoms. The zero-order valence-corrected chi connectivity index (χ0v) is 13.2. The van der Waals surface area contributed by atoms with E-state index < -0.39 is 0 Å². The van der Waals surface area contributed by atoms with Crippen LogP contribution in [-0.4, -0.2) is 37.0 Å². The molecule has 1 saturated heterocycles. The molecule has 1 aliphatic heterocycles. The van der Waals surface area contributed by atoms with Gasteiger partial charge in [0, 0.05) is 19.1 Å². The Morgan fingerprint density at radius 3 is 2.95 bits per heavy atom. The van der Waals surface area contributed by atoms with Gasteiger partial charge < -0.3 is 10.2 Å². The number of rotatable bonds is 2. The maximum absolute atomic E-state index is 13.2. The zero-order chi connectivity index (χ0) is 14.9. The summed E-state index contributed by atoms with van der Waals surface area (Å²) in [4.78, 5) is 15.3. The molecule has 1 N–H and O–H groups in total. The lowest BCUT2D eigenvalue weighted by Crippen LogP contribution is -2.53. The van der Waals surface area contributed by atoms with Crippen molar-refractivity contribution in [2.75, 3.05) is 20.1 Å². The van der Waals surface area contributed by atoms with E-state index >= 15 is 0 Å². The monoisotopic (exact) mass is 286 g/mol. The second-order valence-corrected chi connectivity index (χ2v) is 6.72. The van der Waals surface area contributed by atoms with Crippen LogP contribution in [0.15, 0.2) is 24.3 Å². The minimum atomic E-state index is -0.329. The van der Waals surface area contributed by atoms with E-state index in [1.54, 1.807) is 0 Å². The van der Waals surface area contributed by atoms with Gasteiger partial charge in [0.1, 0.15) is 0 Å². The van der Waals surface area contributed by atoms with Gasteiger partial charge in [-0.25, -0.2) is 0 Å². The number of likely N-dealkylation sites (tertiary alicyclic amines) is 1. The molecule has 0 radical (unpaired) electrons. The number of likely N-dealkylation sites (N-methyl/N-ethyl adjacent to an activating group) is 1. The van der Waals surface area contributed by atoms with Crippen LogP contribution in [0.25, 0.3) is 0 Å². The number of carbonyl (C=O) groups is 1. The fraction of sp³-hybridized carbons (Fsp3) is 0.611. The normalized spacial score (nSPS) is 29.0. The maximum atomic E-state index is 13.2. The summed E-state index contributed by atoms with van der Waals surface area (Å²) in [6.45, 7) is 3.91. The van der Waals surface area contributed by atoms with Gasteiger partial charge in [0.15, 0.2) is 0 Å². The van der Waals surface area contributed by atoms with Crippen LogP contribution in [0.2, 0.25) is 0 Å². The Labute approximate surface area is 127 Å². The second-order valence-electron chi connectivity index (χ2n) is 6.72. The molecule has 2 aliphatic rings. The molecule has 3 rings (SSSR count). The van der Waals surface area contributed by atoms with Crippen LogP contribution in [0.1, 0.15) is 43.7 Å². The topological polar surface area (TPSA) is 32.3 Å². The summed E-state index contributed by atoms with van der Waals surface area (Å²) in [7, 11) is 2.00. The molecular formula is C18H26N2O. The van der Waals surface area contributed by atoms with E-state index in [-0.39, 0.29) is 5.41 Å². The minimum Gasteiger partial charge on any atom is -0.340 e. The van der Waals surface area contributed by atoms with Crippen molar-refractivity contribution in [1.29, 1.82) is 0 Å². The summed E-state index contributed by atoms with van der Waals surface area (Å²) in [6.07, 6.45) is 5.48. The molecule has 2 atom stereocenters. The van der Waals surface area contributed by atoms with Gasteiger partial charge in [-0.3, -0.25) is 4.79 Å². The van der Waals surface area contributed by atoms with Crippen LogP contribution < -0.4 is 5.32 Å². The number of benzene rings is 1. The van der Waals surface area contributed by atoms with E-state index in [0.717, 1.165) is 38.8 Å². The van der Waals surface area contributed by atoms with Crippen LogP contribution in [0, 0.1) is 0 Å². The molecule has 21 heavy (non-hydrogen) atoms. The Kier molecular flexibility index (Phi) is 4.03. The number of fused-ring (bicyclic) bond motifs is 1. The van der Waals surface area contributed by atoms with Gasteiger partial charge >= 0.3 is 0 Å². The van der Waals surface area contributed by atoms with E-state index in [1.807, 2.05) is 7.05 Å². The Bertz CT molecular complexity index is 528. The average molecular weight is 286 g/mol. The molecule has 1 aliphatic carbocycles. The van der Waals surface area contributed by atoms with Crippen molar-refractivity contribution in [2.24, 2.45) is 0 Å². The molecule has 2 unspecified atom stereocenters. The smallest absolute Gasteiger partial charge is 0.233 e. The predicted molar refractivity (Wildman–Crippen MR) is 85.4 cm³/mol. The number of nitrogens with zero attached hydrogens (tertiary/aromatic N) is 1. The first-order valence-electron chi connectivity index (χ1n) is 8.20. The molecule has 1 amide bonds. The highest BCUT2D eigenvalue weighted by atomic mass is 16.2. The van der Waals surface area contributed by atoms with Crippen LogP contribution in [0.5, 0.6) is 0 Å². The maximum Gasteiger partial charge on any atom is 0.233 e. The summed E-state index contributed by atoms with van der Waals surface area (Å²) in [6, 6.07) is 8.96. The number of hydrogen-bond acceptors (Lipinski definition) is 2. The Balaban J connectivity index is 1.87. The number of nitrogens with one attached hydrogen (secondary N) is 1. The van der Waals surface area contributed by atoms with E-state index in [9.17, 15) is 4.79 Å². The molecule has 3 nitrogen and oxygen atoms in total. The lowest BCUT2D eigenvalue weighted by molar-refractivity contribution is -0.138. The van der Waals surface area contributed by atoms with Gasteiger partial charge in [-0.15, -0.1) is 0 Å². The minimum absolute atomic E-state index is 0.328. The van der Waals surface area contributed by atoms with E-state index in [1.165, 1.54) is 17.5 Å². The number of hydrogen-bond donors (Lipinski definition) is 1. The molecule has 0 bridgehead atoms. The fourth-order valence-corrected chi connectivity index (χ4v) is 4.01. The van der Waals surface area contributed by atoms with Gasteiger partial charge in [-0.2, -0.15) is 0 Å². The van der Waals surface area contributed by atoms with Crippen molar-refractivity contribution < 1.29 is 4.79 Å². The van der Waals surface area contributed by atoms with Gasteiger partial charge in [-0.1, -0.05) is 24.3 Å². The summed E-state index contributed by atoms with van der Waals surface area (Å²) < 4.78 is 0. The SMILES string of the molecule is CNC1CCCN(C(=O)C2(C)CCCc3ccccc32)C1. The van der Waals surface area contributed by atoms with Gasteiger partial charge in [-0.05, 0) is 57.2 Å². The third kappa shape index (κ3) is 2.59. The Morgan fingerprint density at radius 1 is 1.33 bits per heavy atom. The first-order chi connectivity index (χ1) is 10.1. The third-order valence-corrected chi connectivity index (χ3v) is 5.32. The van der Waals surface area contributed by atoms with Crippen molar-refractivity contribution in [1.82, 2.24) is 10.2 Å². The summed E-state index contributed by atoms with van der Waals surface area (Å²) >= 11 is 0. The zero-order valence-electron chi connectivity index (χ0n) is 13.2. The molecular weight excluding hydrogens is 260 g/mol. The summed E-state index contributed by atoms with van der Waals surface area (Å²) in [5.74, 6) is 0.328. The van der Waals surface area contributed by atoms with E-state index in [0.29, 0.717) is 11.9 Å². The molecule has 1 aromatic rings. The highest BCUT2D eigenvalue weighted by Gasteiger charge is 2.42. The molecule has 1 aromatic carbocycles. The molecule has 0 saturated carbocycles. The summed E-state index contributed by atoms with van der Waals surface area (Å²) in [5, 5.41) is 3.33. The lowest BCUT2D eigenvalue weighted by Gasteiger charge is -2.41. The fourth-order valence-electron chi connectivity index (χ4n) is 4.01. The number of amides is 1. The molecule has 1 heterocycles. The quantitative estimate of drug-likeness (QED) is 0.906. The van der Waals surface area contributed by atoms with Crippen LogP contribution >= 0.6 is 0 Å². The lowest BCUT2D eigenvalue weighted by atomic mass is 9.70. The van der Waals surface area contributed by atoms with E-state index in [2.05, 4.69) is 41.4 Å². The van der Waals surface area contributed by atoms with Crippen LogP contribution in [-0.2, 0) is 16.6 Å². The van der Waals surface area contributed by atoms with Crippen LogP contribution in [0.4, 0.5) is 0 Å². The standard InChI is InChI=1S/C18H26N2O/c1-18(11-5-8-14-7-3-4-10-16(14)18)17(21)20-12-6-9-15(13-20)19-2/h3-4,7,10,15,19H,5-6,8-9,11-13H2,1-2H3. The third-order valence-electron chi connectivity index (χ3n) is 5.32. The molecule has 3 heteroatoms. The van der Waals surface area contributed by atoms with E-state index in [4.69, 9.17) is 0 Å². The second kappa shape index (κ2) is 5.80. The van der Waals surface area contributed by atoms with Gasteiger partial charge in [0.25, 0.3) is 0 Å². The highest BCUT2D eigenvalue weighted by molar-refractivity contribution is 5.88. The van der Waals surface area contributed by atoms with Gasteiger partial charge in [0.05, 0.1) is 5.41 Å². The Morgan fingerprint density at radius 2 is 2.14 bits per heavy atom. The largest absolute Gasteiger partial charge is 0.340 e. The number of piperidine rings is 1. The first-order valence-corrected chi connectivity index (χ1v) is 8.20. The summed E-state index contributed by atoms with van der Waals surface area (Å²) in [5.41, 5.74) is 2.29. The Hall–Kier alpha value is -1.35.